The second kappa shape index (κ2) is 6.51. The molecule has 1 unspecified atom stereocenters. The maximum Gasteiger partial charge on any atom is 0.408 e. The van der Waals surface area contributed by atoms with E-state index in [4.69, 9.17) is 9.47 Å². The van der Waals surface area contributed by atoms with Crippen molar-refractivity contribution in [2.45, 2.75) is 38.8 Å². The van der Waals surface area contributed by atoms with E-state index in [0.29, 0.717) is 17.6 Å². The number of rotatable bonds is 4. The topological polar surface area (TPSA) is 64.6 Å². The largest absolute Gasteiger partial charge is 0.496 e. The number of fused-ring (bicyclic) bond motifs is 1. The Balaban J connectivity index is 2.49. The fraction of sp³-hybridized carbons (Fsp3) is 0.368. The van der Waals surface area contributed by atoms with Gasteiger partial charge in [0.25, 0.3) is 0 Å². The molecule has 0 aliphatic rings. The van der Waals surface area contributed by atoms with Crippen LogP contribution in [0.15, 0.2) is 36.4 Å². The number of carbonyl (C=O) groups excluding carboxylic acids is 2. The average Bonchev–Trinajstić information content (AvgIpc) is 2.51. The first-order chi connectivity index (χ1) is 11.2. The van der Waals surface area contributed by atoms with Gasteiger partial charge in [0, 0.05) is 5.39 Å². The Morgan fingerprint density at radius 2 is 1.67 bits per heavy atom. The van der Waals surface area contributed by atoms with Crippen LogP contribution in [0.2, 0.25) is 0 Å². The number of hydrogen-bond donors (Lipinski definition) is 1. The van der Waals surface area contributed by atoms with Gasteiger partial charge in [-0.2, -0.15) is 0 Å². The standard InChI is InChI=1S/C19H23NO4/c1-18(2,3)24-17(22)20-19(4,12-21)15-10-11-16(23-5)14-9-7-6-8-13(14)15/h6-12H,1-5H3,(H,20,22). The highest BCUT2D eigenvalue weighted by Crippen LogP contribution is 2.33. The fourth-order valence-corrected chi connectivity index (χ4v) is 2.58. The highest BCUT2D eigenvalue weighted by Gasteiger charge is 2.32. The normalized spacial score (nSPS) is 13.9. The molecule has 0 radical (unpaired) electrons. The van der Waals surface area contributed by atoms with Crippen LogP contribution in [-0.4, -0.2) is 25.1 Å². The van der Waals surface area contributed by atoms with E-state index in [2.05, 4.69) is 5.32 Å². The second-order valence-electron chi connectivity index (χ2n) is 6.81. The molecular weight excluding hydrogens is 306 g/mol. The number of methoxy groups -OCH3 is 1. The molecule has 2 aromatic carbocycles. The van der Waals surface area contributed by atoms with Gasteiger partial charge in [-0.25, -0.2) is 4.79 Å². The van der Waals surface area contributed by atoms with Crippen molar-refractivity contribution < 1.29 is 19.1 Å². The zero-order valence-electron chi connectivity index (χ0n) is 14.7. The van der Waals surface area contributed by atoms with Crippen molar-refractivity contribution in [2.24, 2.45) is 0 Å². The fourth-order valence-electron chi connectivity index (χ4n) is 2.58. The van der Waals surface area contributed by atoms with Gasteiger partial charge >= 0.3 is 6.09 Å². The lowest BCUT2D eigenvalue weighted by molar-refractivity contribution is -0.113. The summed E-state index contributed by atoms with van der Waals surface area (Å²) in [6.45, 7) is 6.97. The van der Waals surface area contributed by atoms with Crippen LogP contribution in [0.25, 0.3) is 10.8 Å². The van der Waals surface area contributed by atoms with E-state index < -0.39 is 17.2 Å². The molecule has 2 aromatic rings. The Hall–Kier alpha value is -2.56. The number of ether oxygens (including phenoxy) is 2. The van der Waals surface area contributed by atoms with Gasteiger partial charge in [0.05, 0.1) is 7.11 Å². The van der Waals surface area contributed by atoms with Gasteiger partial charge in [0.1, 0.15) is 23.2 Å². The van der Waals surface area contributed by atoms with Gasteiger partial charge in [-0.15, -0.1) is 0 Å². The molecular formula is C19H23NO4. The highest BCUT2D eigenvalue weighted by molar-refractivity contribution is 5.95. The molecule has 2 rings (SSSR count). The van der Waals surface area contributed by atoms with E-state index in [9.17, 15) is 9.59 Å². The molecule has 1 amide bonds. The Morgan fingerprint density at radius 1 is 1.04 bits per heavy atom. The number of amides is 1. The molecule has 0 bridgehead atoms. The third kappa shape index (κ3) is 3.67. The van der Waals surface area contributed by atoms with E-state index in [1.54, 1.807) is 46.9 Å². The predicted octanol–water partition coefficient (Wildman–Crippen LogP) is 3.79. The first kappa shape index (κ1) is 17.8. The molecule has 0 spiro atoms. The number of carbonyl (C=O) groups is 2. The van der Waals surface area contributed by atoms with Crippen LogP contribution in [-0.2, 0) is 15.1 Å². The summed E-state index contributed by atoms with van der Waals surface area (Å²) >= 11 is 0. The van der Waals surface area contributed by atoms with E-state index in [1.165, 1.54) is 0 Å². The van der Waals surface area contributed by atoms with Gasteiger partial charge < -0.3 is 19.6 Å². The molecule has 0 saturated carbocycles. The van der Waals surface area contributed by atoms with Crippen LogP contribution in [0.1, 0.15) is 33.3 Å². The molecule has 0 heterocycles. The molecule has 0 aromatic heterocycles. The van der Waals surface area contributed by atoms with Crippen molar-refractivity contribution in [1.29, 1.82) is 0 Å². The molecule has 0 aliphatic carbocycles. The summed E-state index contributed by atoms with van der Waals surface area (Å²) in [4.78, 5) is 24.0. The quantitative estimate of drug-likeness (QED) is 0.867. The number of alkyl carbamates (subject to hydrolysis) is 1. The number of benzene rings is 2. The molecule has 1 N–H and O–H groups in total. The van der Waals surface area contributed by atoms with Crippen molar-refractivity contribution in [3.8, 4) is 5.75 Å². The van der Waals surface area contributed by atoms with Gasteiger partial charge in [-0.3, -0.25) is 0 Å². The Labute approximate surface area is 141 Å². The minimum atomic E-state index is -1.21. The van der Waals surface area contributed by atoms with Crippen molar-refractivity contribution in [3.63, 3.8) is 0 Å². The zero-order valence-corrected chi connectivity index (χ0v) is 14.7. The molecule has 1 atom stereocenters. The molecule has 0 aliphatic heterocycles. The Kier molecular flexibility index (Phi) is 4.83. The molecule has 128 valence electrons. The maximum absolute atomic E-state index is 12.1. The number of hydrogen-bond acceptors (Lipinski definition) is 4. The first-order valence-corrected chi connectivity index (χ1v) is 7.74. The summed E-state index contributed by atoms with van der Waals surface area (Å²) in [5.74, 6) is 0.708. The van der Waals surface area contributed by atoms with Crippen molar-refractivity contribution in [3.05, 3.63) is 42.0 Å². The lowest BCUT2D eigenvalue weighted by Gasteiger charge is -2.29. The van der Waals surface area contributed by atoms with E-state index in [-0.39, 0.29) is 0 Å². The molecule has 5 heteroatoms. The summed E-state index contributed by atoms with van der Waals surface area (Å²) in [7, 11) is 1.60. The average molecular weight is 329 g/mol. The van der Waals surface area contributed by atoms with Crippen molar-refractivity contribution >= 4 is 23.2 Å². The van der Waals surface area contributed by atoms with Crippen LogP contribution in [0.4, 0.5) is 4.79 Å². The lowest BCUT2D eigenvalue weighted by atomic mass is 9.89. The highest BCUT2D eigenvalue weighted by atomic mass is 16.6. The van der Waals surface area contributed by atoms with E-state index in [0.717, 1.165) is 10.8 Å². The van der Waals surface area contributed by atoms with Crippen LogP contribution >= 0.6 is 0 Å². The van der Waals surface area contributed by atoms with Gasteiger partial charge in [0.2, 0.25) is 0 Å². The van der Waals surface area contributed by atoms with Gasteiger partial charge in [-0.05, 0) is 44.7 Å². The zero-order chi connectivity index (χ0) is 18.0. The van der Waals surface area contributed by atoms with Crippen molar-refractivity contribution in [1.82, 2.24) is 5.32 Å². The number of nitrogens with one attached hydrogen (secondary N) is 1. The molecule has 24 heavy (non-hydrogen) atoms. The monoisotopic (exact) mass is 329 g/mol. The Bertz CT molecular complexity index is 764. The van der Waals surface area contributed by atoms with Crippen LogP contribution < -0.4 is 10.1 Å². The SMILES string of the molecule is COc1ccc(C(C)(C=O)NC(=O)OC(C)(C)C)c2ccccc12. The van der Waals surface area contributed by atoms with Gasteiger partial charge in [0.15, 0.2) is 0 Å². The predicted molar refractivity (Wildman–Crippen MR) is 93.3 cm³/mol. The summed E-state index contributed by atoms with van der Waals surface area (Å²) in [6, 6.07) is 11.2. The van der Waals surface area contributed by atoms with E-state index >= 15 is 0 Å². The van der Waals surface area contributed by atoms with Crippen LogP contribution in [0.5, 0.6) is 5.75 Å². The third-order valence-electron chi connectivity index (χ3n) is 3.66. The van der Waals surface area contributed by atoms with Crippen molar-refractivity contribution in [2.75, 3.05) is 7.11 Å². The lowest BCUT2D eigenvalue weighted by Crippen LogP contribution is -2.47. The van der Waals surface area contributed by atoms with E-state index in [1.807, 2.05) is 24.3 Å². The van der Waals surface area contributed by atoms with Crippen LogP contribution in [0, 0.1) is 0 Å². The second-order valence-corrected chi connectivity index (χ2v) is 6.81. The minimum absolute atomic E-state index is 0.642. The molecule has 0 fully saturated rings. The first-order valence-electron chi connectivity index (χ1n) is 7.74. The molecule has 0 saturated heterocycles. The van der Waals surface area contributed by atoms with Gasteiger partial charge in [-0.1, -0.05) is 30.3 Å². The smallest absolute Gasteiger partial charge is 0.408 e. The Morgan fingerprint density at radius 3 is 2.21 bits per heavy atom. The summed E-state index contributed by atoms with van der Waals surface area (Å²) in [6.07, 6.45) is 0.0718. The summed E-state index contributed by atoms with van der Waals surface area (Å²) in [5, 5.41) is 4.38. The minimum Gasteiger partial charge on any atom is -0.496 e. The molecule has 5 nitrogen and oxygen atoms in total. The third-order valence-corrected chi connectivity index (χ3v) is 3.66. The summed E-state index contributed by atoms with van der Waals surface area (Å²) in [5.41, 5.74) is -1.18. The summed E-state index contributed by atoms with van der Waals surface area (Å²) < 4.78 is 10.7. The maximum atomic E-state index is 12.1. The number of aldehydes is 1. The van der Waals surface area contributed by atoms with Crippen LogP contribution in [0.3, 0.4) is 0 Å².